The highest BCUT2D eigenvalue weighted by atomic mass is 79.9. The molecule has 0 aromatic heterocycles. The Morgan fingerprint density at radius 3 is 2.87 bits per heavy atom. The highest BCUT2D eigenvalue weighted by Crippen LogP contribution is 2.25. The van der Waals surface area contributed by atoms with E-state index in [2.05, 4.69) is 21.2 Å². The molecule has 0 aliphatic carbocycles. The molecule has 0 heterocycles. The van der Waals surface area contributed by atoms with Crippen LogP contribution in [0.15, 0.2) is 22.7 Å². The average Bonchev–Trinajstić information content (AvgIpc) is 2.23. The third-order valence-corrected chi connectivity index (χ3v) is 3.24. The number of hydrogen-bond acceptors (Lipinski definition) is 2. The molecule has 4 heteroatoms. The number of halogens is 2. The predicted molar refractivity (Wildman–Crippen MR) is 68.8 cm³/mol. The molecule has 15 heavy (non-hydrogen) atoms. The molecule has 0 aliphatic rings. The molecule has 0 radical (unpaired) electrons. The highest BCUT2D eigenvalue weighted by molar-refractivity contribution is 9.10. The number of rotatable bonds is 6. The zero-order chi connectivity index (χ0) is 11.1. The van der Waals surface area contributed by atoms with Crippen LogP contribution < -0.4 is 5.32 Å². The molecule has 1 rings (SSSR count). The smallest absolute Gasteiger partial charge is 0.0549 e. The Morgan fingerprint density at radius 2 is 2.20 bits per heavy atom. The second kappa shape index (κ2) is 7.09. The summed E-state index contributed by atoms with van der Waals surface area (Å²) >= 11 is 9.28. The predicted octanol–water partition coefficient (Wildman–Crippen LogP) is 3.94. The van der Waals surface area contributed by atoms with Gasteiger partial charge < -0.3 is 10.1 Å². The minimum Gasteiger partial charge on any atom is -0.385 e. The Balaban J connectivity index is 2.28. The number of unbranched alkanes of at least 4 members (excludes halogenated alkanes) is 1. The van der Waals surface area contributed by atoms with Crippen LogP contribution in [0, 0.1) is 0 Å². The van der Waals surface area contributed by atoms with E-state index in [-0.39, 0.29) is 0 Å². The Morgan fingerprint density at radius 1 is 1.40 bits per heavy atom. The van der Waals surface area contributed by atoms with Crippen LogP contribution >= 0.6 is 27.5 Å². The van der Waals surface area contributed by atoms with Crippen molar-refractivity contribution in [2.24, 2.45) is 0 Å². The summed E-state index contributed by atoms with van der Waals surface area (Å²) in [5, 5.41) is 4.06. The molecule has 0 saturated carbocycles. The normalized spacial score (nSPS) is 10.3. The monoisotopic (exact) mass is 291 g/mol. The maximum absolute atomic E-state index is 5.89. The zero-order valence-electron chi connectivity index (χ0n) is 8.72. The molecule has 0 fully saturated rings. The molecule has 1 aromatic rings. The molecule has 2 nitrogen and oxygen atoms in total. The van der Waals surface area contributed by atoms with Gasteiger partial charge in [0.05, 0.1) is 5.02 Å². The van der Waals surface area contributed by atoms with Crippen molar-refractivity contribution in [2.75, 3.05) is 25.6 Å². The molecular formula is C11H15BrClNO. The first kappa shape index (κ1) is 12.8. The first-order valence-electron chi connectivity index (χ1n) is 4.92. The fraction of sp³-hybridized carbons (Fsp3) is 0.455. The second-order valence-corrected chi connectivity index (χ2v) is 4.52. The van der Waals surface area contributed by atoms with Crippen molar-refractivity contribution in [3.8, 4) is 0 Å². The first-order valence-corrected chi connectivity index (χ1v) is 6.09. The number of benzene rings is 1. The molecule has 0 spiro atoms. The maximum atomic E-state index is 5.89. The summed E-state index contributed by atoms with van der Waals surface area (Å²) < 4.78 is 5.90. The van der Waals surface area contributed by atoms with Crippen LogP contribution in [0.2, 0.25) is 5.02 Å². The van der Waals surface area contributed by atoms with Gasteiger partial charge in [-0.25, -0.2) is 0 Å². The maximum Gasteiger partial charge on any atom is 0.0549 e. The van der Waals surface area contributed by atoms with Gasteiger partial charge in [-0.15, -0.1) is 0 Å². The minimum absolute atomic E-state index is 0.736. The van der Waals surface area contributed by atoms with E-state index >= 15 is 0 Å². The van der Waals surface area contributed by atoms with Gasteiger partial charge in [-0.3, -0.25) is 0 Å². The lowest BCUT2D eigenvalue weighted by Gasteiger charge is -2.07. The van der Waals surface area contributed by atoms with Crippen molar-refractivity contribution in [2.45, 2.75) is 12.8 Å². The van der Waals surface area contributed by atoms with Crippen LogP contribution in [-0.2, 0) is 4.74 Å². The SMILES string of the molecule is COCCCCNc1ccc(Cl)c(Br)c1. The summed E-state index contributed by atoms with van der Waals surface area (Å²) in [7, 11) is 1.73. The molecule has 84 valence electrons. The standard InChI is InChI=1S/C11H15BrClNO/c1-15-7-3-2-6-14-9-4-5-11(13)10(12)8-9/h4-5,8,14H,2-3,6-7H2,1H3. The van der Waals surface area contributed by atoms with E-state index in [9.17, 15) is 0 Å². The van der Waals surface area contributed by atoms with E-state index in [0.29, 0.717) is 0 Å². The summed E-state index contributed by atoms with van der Waals surface area (Å²) in [4.78, 5) is 0. The van der Waals surface area contributed by atoms with Crippen LogP contribution in [0.1, 0.15) is 12.8 Å². The van der Waals surface area contributed by atoms with Crippen molar-refractivity contribution in [3.05, 3.63) is 27.7 Å². The molecule has 0 unspecified atom stereocenters. The molecule has 0 bridgehead atoms. The van der Waals surface area contributed by atoms with Crippen LogP contribution in [-0.4, -0.2) is 20.3 Å². The summed E-state index contributed by atoms with van der Waals surface area (Å²) in [6.07, 6.45) is 2.19. The Bertz CT molecular complexity index is 307. The van der Waals surface area contributed by atoms with Crippen molar-refractivity contribution in [1.82, 2.24) is 0 Å². The summed E-state index contributed by atoms with van der Waals surface area (Å²) in [6.45, 7) is 1.78. The van der Waals surface area contributed by atoms with Crippen molar-refractivity contribution in [1.29, 1.82) is 0 Å². The molecule has 0 amide bonds. The summed E-state index contributed by atoms with van der Waals surface area (Å²) in [5.41, 5.74) is 1.09. The number of anilines is 1. The van der Waals surface area contributed by atoms with E-state index in [1.165, 1.54) is 0 Å². The molecule has 0 saturated heterocycles. The minimum atomic E-state index is 0.736. The lowest BCUT2D eigenvalue weighted by atomic mass is 10.3. The van der Waals surface area contributed by atoms with Gasteiger partial charge in [0, 0.05) is 30.4 Å². The molecule has 1 aromatic carbocycles. The van der Waals surface area contributed by atoms with Gasteiger partial charge in [0.15, 0.2) is 0 Å². The third kappa shape index (κ3) is 4.87. The zero-order valence-corrected chi connectivity index (χ0v) is 11.1. The van der Waals surface area contributed by atoms with Gasteiger partial charge in [-0.05, 0) is 47.0 Å². The molecule has 0 atom stereocenters. The fourth-order valence-electron chi connectivity index (χ4n) is 1.21. The van der Waals surface area contributed by atoms with Crippen LogP contribution in [0.3, 0.4) is 0 Å². The van der Waals surface area contributed by atoms with Gasteiger partial charge in [-0.2, -0.15) is 0 Å². The van der Waals surface area contributed by atoms with Crippen LogP contribution in [0.4, 0.5) is 5.69 Å². The van der Waals surface area contributed by atoms with Crippen LogP contribution in [0.5, 0.6) is 0 Å². The summed E-state index contributed by atoms with van der Waals surface area (Å²) in [5.74, 6) is 0. The van der Waals surface area contributed by atoms with Crippen LogP contribution in [0.25, 0.3) is 0 Å². The molecule has 0 aliphatic heterocycles. The van der Waals surface area contributed by atoms with Crippen molar-refractivity contribution in [3.63, 3.8) is 0 Å². The van der Waals surface area contributed by atoms with E-state index in [1.807, 2.05) is 18.2 Å². The van der Waals surface area contributed by atoms with E-state index in [4.69, 9.17) is 16.3 Å². The number of hydrogen-bond donors (Lipinski definition) is 1. The third-order valence-electron chi connectivity index (χ3n) is 2.02. The number of methoxy groups -OCH3 is 1. The lowest BCUT2D eigenvalue weighted by Crippen LogP contribution is -2.02. The number of ether oxygens (including phenoxy) is 1. The highest BCUT2D eigenvalue weighted by Gasteiger charge is 1.97. The topological polar surface area (TPSA) is 21.3 Å². The van der Waals surface area contributed by atoms with Gasteiger partial charge in [0.1, 0.15) is 0 Å². The fourth-order valence-corrected chi connectivity index (χ4v) is 1.71. The Hall–Kier alpha value is -0.250. The van der Waals surface area contributed by atoms with E-state index in [0.717, 1.165) is 41.2 Å². The first-order chi connectivity index (χ1) is 7.24. The second-order valence-electron chi connectivity index (χ2n) is 3.26. The lowest BCUT2D eigenvalue weighted by molar-refractivity contribution is 0.194. The largest absolute Gasteiger partial charge is 0.385 e. The summed E-state index contributed by atoms with van der Waals surface area (Å²) in [6, 6.07) is 5.84. The quantitative estimate of drug-likeness (QED) is 0.802. The molecule has 1 N–H and O–H groups in total. The molecular weight excluding hydrogens is 277 g/mol. The van der Waals surface area contributed by atoms with Crippen molar-refractivity contribution >= 4 is 33.2 Å². The van der Waals surface area contributed by atoms with Gasteiger partial charge >= 0.3 is 0 Å². The van der Waals surface area contributed by atoms with E-state index in [1.54, 1.807) is 7.11 Å². The average molecular weight is 293 g/mol. The number of nitrogens with one attached hydrogen (secondary N) is 1. The van der Waals surface area contributed by atoms with Crippen molar-refractivity contribution < 1.29 is 4.74 Å². The van der Waals surface area contributed by atoms with E-state index < -0.39 is 0 Å². The Kier molecular flexibility index (Phi) is 6.06. The van der Waals surface area contributed by atoms with Gasteiger partial charge in [0.25, 0.3) is 0 Å². The Labute approximate surface area is 104 Å². The van der Waals surface area contributed by atoms with Gasteiger partial charge in [-0.1, -0.05) is 11.6 Å². The van der Waals surface area contributed by atoms with Gasteiger partial charge in [0.2, 0.25) is 0 Å².